The van der Waals surface area contributed by atoms with Crippen LogP contribution in [0.5, 0.6) is 23.0 Å². The Morgan fingerprint density at radius 3 is 2.13 bits per heavy atom. The average Bonchev–Trinajstić information content (AvgIpc) is 3.16. The van der Waals surface area contributed by atoms with E-state index in [2.05, 4.69) is 4.74 Å². The van der Waals surface area contributed by atoms with Crippen LogP contribution in [0.1, 0.15) is 27.2 Å². The smallest absolute Gasteiger partial charge is 0.330 e. The normalized spacial score (nSPS) is 11.0. The topological polar surface area (TPSA) is 104 Å². The summed E-state index contributed by atoms with van der Waals surface area (Å²) in [5, 5.41) is 10.8. The highest BCUT2D eigenvalue weighted by Crippen LogP contribution is 2.40. The Labute approximate surface area is 178 Å². The Kier molecular flexibility index (Phi) is 6.20. The third-order valence-corrected chi connectivity index (χ3v) is 4.86. The van der Waals surface area contributed by atoms with Crippen LogP contribution in [-0.4, -0.2) is 45.3 Å². The highest BCUT2D eigenvalue weighted by Gasteiger charge is 2.25. The number of furan rings is 1. The van der Waals surface area contributed by atoms with E-state index in [1.807, 2.05) is 6.92 Å². The molecule has 3 rings (SSSR count). The maximum Gasteiger partial charge on any atom is 0.330 e. The summed E-state index contributed by atoms with van der Waals surface area (Å²) in [6.45, 7) is 1.81. The molecule has 0 amide bonds. The predicted octanol–water partition coefficient (Wildman–Crippen LogP) is 3.89. The minimum absolute atomic E-state index is 0.0539. The summed E-state index contributed by atoms with van der Waals surface area (Å²) in [5.74, 6) is -0.0807. The summed E-state index contributed by atoms with van der Waals surface area (Å²) in [6, 6.07) is 6.31. The number of phenolic OH excluding ortho intramolecular Hbond substituents is 1. The van der Waals surface area contributed by atoms with E-state index >= 15 is 0 Å². The third-order valence-electron chi connectivity index (χ3n) is 4.86. The van der Waals surface area contributed by atoms with Gasteiger partial charge in [0.1, 0.15) is 17.3 Å². The van der Waals surface area contributed by atoms with Crippen LogP contribution in [0, 0.1) is 6.92 Å². The second-order valence-electron chi connectivity index (χ2n) is 6.53. The number of ether oxygens (including phenoxy) is 4. The fourth-order valence-electron chi connectivity index (χ4n) is 3.24. The summed E-state index contributed by atoms with van der Waals surface area (Å²) >= 11 is 0. The lowest BCUT2D eigenvalue weighted by Gasteiger charge is -2.12. The summed E-state index contributed by atoms with van der Waals surface area (Å²) in [6.07, 6.45) is 2.44. The molecule has 0 aliphatic carbocycles. The summed E-state index contributed by atoms with van der Waals surface area (Å²) in [7, 11) is 5.63. The number of hydrogen-bond donors (Lipinski definition) is 1. The number of rotatable bonds is 7. The molecule has 0 saturated carbocycles. The second kappa shape index (κ2) is 8.83. The largest absolute Gasteiger partial charge is 0.502 e. The van der Waals surface area contributed by atoms with E-state index in [0.29, 0.717) is 16.9 Å². The van der Waals surface area contributed by atoms with Crippen molar-refractivity contribution in [2.75, 3.05) is 28.4 Å². The summed E-state index contributed by atoms with van der Waals surface area (Å²) < 4.78 is 26.2. The zero-order valence-corrected chi connectivity index (χ0v) is 17.8. The van der Waals surface area contributed by atoms with Crippen LogP contribution in [0.4, 0.5) is 0 Å². The maximum atomic E-state index is 13.5. The molecule has 8 nitrogen and oxygen atoms in total. The molecule has 162 valence electrons. The number of phenols is 1. The van der Waals surface area contributed by atoms with Crippen molar-refractivity contribution in [2.45, 2.75) is 6.92 Å². The molecule has 0 unspecified atom stereocenters. The molecular formula is C23H22O8. The van der Waals surface area contributed by atoms with Gasteiger partial charge < -0.3 is 28.5 Å². The Morgan fingerprint density at radius 1 is 0.968 bits per heavy atom. The van der Waals surface area contributed by atoms with Crippen molar-refractivity contribution in [2.24, 2.45) is 0 Å². The third kappa shape index (κ3) is 3.92. The summed E-state index contributed by atoms with van der Waals surface area (Å²) in [5.41, 5.74) is 1.23. The molecule has 0 atom stereocenters. The zero-order chi connectivity index (χ0) is 22.7. The van der Waals surface area contributed by atoms with Gasteiger partial charge in [0, 0.05) is 22.6 Å². The Morgan fingerprint density at radius 2 is 1.58 bits per heavy atom. The molecule has 0 fully saturated rings. The number of fused-ring (bicyclic) bond motifs is 1. The minimum Gasteiger partial charge on any atom is -0.502 e. The van der Waals surface area contributed by atoms with Crippen LogP contribution in [0.15, 0.2) is 34.8 Å². The molecule has 1 heterocycles. The number of aromatic hydroxyl groups is 1. The summed E-state index contributed by atoms with van der Waals surface area (Å²) in [4.78, 5) is 25.1. The van der Waals surface area contributed by atoms with Crippen LogP contribution in [0.2, 0.25) is 0 Å². The number of carbonyl (C=O) groups is 2. The van der Waals surface area contributed by atoms with Crippen LogP contribution in [-0.2, 0) is 9.53 Å². The molecule has 0 aliphatic rings. The van der Waals surface area contributed by atoms with Gasteiger partial charge in [-0.05, 0) is 37.3 Å². The second-order valence-corrected chi connectivity index (χ2v) is 6.53. The van der Waals surface area contributed by atoms with Crippen LogP contribution in [0.25, 0.3) is 17.0 Å². The molecule has 0 bridgehead atoms. The van der Waals surface area contributed by atoms with Gasteiger partial charge in [-0.1, -0.05) is 0 Å². The number of benzene rings is 2. The van der Waals surface area contributed by atoms with Crippen molar-refractivity contribution in [3.05, 3.63) is 52.8 Å². The molecule has 3 aromatic rings. The SMILES string of the molecule is COC(=O)/C=C/c1oc2c(O)c(OC)ccc2c1C(=O)c1cc(OC)c(C)c(OC)c1. The Balaban J connectivity index is 2.26. The maximum absolute atomic E-state index is 13.5. The lowest BCUT2D eigenvalue weighted by atomic mass is 9.98. The van der Waals surface area contributed by atoms with Gasteiger partial charge >= 0.3 is 5.97 Å². The standard InChI is InChI=1S/C23H22O8/c1-12-17(28-3)10-13(11-18(12)29-4)21(25)20-14-6-7-16(27-2)22(26)23(14)31-15(20)8-9-19(24)30-5/h6-11,26H,1-5H3/b9-8+. The molecule has 31 heavy (non-hydrogen) atoms. The fourth-order valence-corrected chi connectivity index (χ4v) is 3.24. The minimum atomic E-state index is -0.626. The van der Waals surface area contributed by atoms with Crippen LogP contribution < -0.4 is 14.2 Å². The van der Waals surface area contributed by atoms with Gasteiger partial charge in [0.2, 0.25) is 5.75 Å². The Bertz CT molecular complexity index is 1160. The number of esters is 1. The average molecular weight is 426 g/mol. The molecule has 0 spiro atoms. The van der Waals surface area contributed by atoms with Gasteiger partial charge in [0.15, 0.2) is 17.1 Å². The van der Waals surface area contributed by atoms with E-state index in [-0.39, 0.29) is 34.0 Å². The van der Waals surface area contributed by atoms with Gasteiger partial charge in [0.05, 0.1) is 34.0 Å². The van der Waals surface area contributed by atoms with Gasteiger partial charge in [0.25, 0.3) is 0 Å². The molecule has 0 aliphatic heterocycles. The fraction of sp³-hybridized carbons (Fsp3) is 0.217. The van der Waals surface area contributed by atoms with Gasteiger partial charge in [-0.25, -0.2) is 4.79 Å². The number of carbonyl (C=O) groups excluding carboxylic acids is 2. The van der Waals surface area contributed by atoms with Crippen molar-refractivity contribution >= 4 is 28.8 Å². The van der Waals surface area contributed by atoms with Crippen molar-refractivity contribution < 1.29 is 38.1 Å². The van der Waals surface area contributed by atoms with E-state index in [1.165, 1.54) is 40.6 Å². The lowest BCUT2D eigenvalue weighted by Crippen LogP contribution is -2.05. The van der Waals surface area contributed by atoms with E-state index in [0.717, 1.165) is 11.6 Å². The predicted molar refractivity (Wildman–Crippen MR) is 113 cm³/mol. The van der Waals surface area contributed by atoms with E-state index in [9.17, 15) is 14.7 Å². The first kappa shape index (κ1) is 21.8. The van der Waals surface area contributed by atoms with Crippen LogP contribution in [0.3, 0.4) is 0 Å². The van der Waals surface area contributed by atoms with Crippen molar-refractivity contribution in [1.29, 1.82) is 0 Å². The van der Waals surface area contributed by atoms with E-state index < -0.39 is 11.8 Å². The molecular weight excluding hydrogens is 404 g/mol. The highest BCUT2D eigenvalue weighted by atomic mass is 16.5. The van der Waals surface area contributed by atoms with Crippen molar-refractivity contribution in [3.63, 3.8) is 0 Å². The molecule has 1 N–H and O–H groups in total. The number of methoxy groups -OCH3 is 4. The van der Waals surface area contributed by atoms with Crippen LogP contribution >= 0.6 is 0 Å². The Hall–Kier alpha value is -3.94. The molecule has 8 heteroatoms. The van der Waals surface area contributed by atoms with E-state index in [1.54, 1.807) is 18.2 Å². The highest BCUT2D eigenvalue weighted by molar-refractivity contribution is 6.19. The van der Waals surface area contributed by atoms with Gasteiger partial charge in [-0.15, -0.1) is 0 Å². The molecule has 2 aromatic carbocycles. The quantitative estimate of drug-likeness (QED) is 0.345. The molecule has 0 radical (unpaired) electrons. The first-order valence-electron chi connectivity index (χ1n) is 9.22. The molecule has 1 aromatic heterocycles. The number of ketones is 1. The first-order valence-corrected chi connectivity index (χ1v) is 9.22. The number of hydrogen-bond acceptors (Lipinski definition) is 8. The van der Waals surface area contributed by atoms with Crippen molar-refractivity contribution in [3.8, 4) is 23.0 Å². The van der Waals surface area contributed by atoms with Gasteiger partial charge in [-0.3, -0.25) is 4.79 Å². The van der Waals surface area contributed by atoms with E-state index in [4.69, 9.17) is 18.6 Å². The lowest BCUT2D eigenvalue weighted by molar-refractivity contribution is -0.134. The molecule has 0 saturated heterocycles. The van der Waals surface area contributed by atoms with Crippen molar-refractivity contribution in [1.82, 2.24) is 0 Å². The zero-order valence-electron chi connectivity index (χ0n) is 17.8. The monoisotopic (exact) mass is 426 g/mol. The van der Waals surface area contributed by atoms with Gasteiger partial charge in [-0.2, -0.15) is 0 Å². The first-order chi connectivity index (χ1) is 14.9.